The van der Waals surface area contributed by atoms with Crippen LogP contribution in [0.5, 0.6) is 11.5 Å². The first-order valence-electron chi connectivity index (χ1n) is 5.20. The van der Waals surface area contributed by atoms with Crippen molar-refractivity contribution >= 4 is 5.97 Å². The van der Waals surface area contributed by atoms with Crippen molar-refractivity contribution in [2.75, 3.05) is 14.2 Å². The SMILES string of the molecule is COc1ccc(OC)c(C(O)CCC(=O)O)c1. The van der Waals surface area contributed by atoms with Crippen molar-refractivity contribution in [2.24, 2.45) is 0 Å². The second-order valence-electron chi connectivity index (χ2n) is 3.56. The van der Waals surface area contributed by atoms with Gasteiger partial charge in [-0.1, -0.05) is 0 Å². The molecule has 2 N–H and O–H groups in total. The lowest BCUT2D eigenvalue weighted by atomic mass is 10.0. The molecule has 5 nitrogen and oxygen atoms in total. The zero-order valence-corrected chi connectivity index (χ0v) is 9.84. The van der Waals surface area contributed by atoms with Gasteiger partial charge in [-0.15, -0.1) is 0 Å². The van der Waals surface area contributed by atoms with Gasteiger partial charge in [0.2, 0.25) is 0 Å². The molecule has 0 saturated carbocycles. The third kappa shape index (κ3) is 3.64. The van der Waals surface area contributed by atoms with Crippen LogP contribution in [0.15, 0.2) is 18.2 Å². The summed E-state index contributed by atoms with van der Waals surface area (Å²) in [5.41, 5.74) is 0.535. The number of carbonyl (C=O) groups is 1. The number of methoxy groups -OCH3 is 2. The van der Waals surface area contributed by atoms with Crippen molar-refractivity contribution in [1.29, 1.82) is 0 Å². The van der Waals surface area contributed by atoms with Crippen molar-refractivity contribution in [3.8, 4) is 11.5 Å². The maximum atomic E-state index is 10.4. The van der Waals surface area contributed by atoms with E-state index in [1.165, 1.54) is 14.2 Å². The second kappa shape index (κ2) is 6.10. The van der Waals surface area contributed by atoms with Gasteiger partial charge < -0.3 is 19.7 Å². The van der Waals surface area contributed by atoms with E-state index in [4.69, 9.17) is 14.6 Å². The topological polar surface area (TPSA) is 76.0 Å². The Morgan fingerprint density at radius 1 is 1.35 bits per heavy atom. The highest BCUT2D eigenvalue weighted by atomic mass is 16.5. The van der Waals surface area contributed by atoms with E-state index in [0.29, 0.717) is 17.1 Å². The third-order valence-electron chi connectivity index (χ3n) is 2.43. The van der Waals surface area contributed by atoms with Crippen molar-refractivity contribution < 1.29 is 24.5 Å². The lowest BCUT2D eigenvalue weighted by molar-refractivity contribution is -0.137. The molecule has 0 aromatic heterocycles. The molecule has 0 aliphatic carbocycles. The highest BCUT2D eigenvalue weighted by molar-refractivity contribution is 5.66. The lowest BCUT2D eigenvalue weighted by Crippen LogP contribution is -2.04. The number of ether oxygens (including phenoxy) is 2. The van der Waals surface area contributed by atoms with Crippen LogP contribution in [0.4, 0.5) is 0 Å². The number of aliphatic hydroxyl groups is 1. The Morgan fingerprint density at radius 3 is 2.59 bits per heavy atom. The van der Waals surface area contributed by atoms with Crippen molar-refractivity contribution in [2.45, 2.75) is 18.9 Å². The molecule has 0 bridgehead atoms. The van der Waals surface area contributed by atoms with Crippen molar-refractivity contribution in [3.05, 3.63) is 23.8 Å². The molecule has 17 heavy (non-hydrogen) atoms. The Balaban J connectivity index is 2.88. The summed E-state index contributed by atoms with van der Waals surface area (Å²) in [5, 5.41) is 18.5. The molecule has 0 saturated heterocycles. The van der Waals surface area contributed by atoms with Gasteiger partial charge in [-0.3, -0.25) is 4.79 Å². The zero-order chi connectivity index (χ0) is 12.8. The van der Waals surface area contributed by atoms with Gasteiger partial charge >= 0.3 is 5.97 Å². The van der Waals surface area contributed by atoms with Crippen LogP contribution in [0.3, 0.4) is 0 Å². The maximum absolute atomic E-state index is 10.4. The van der Waals surface area contributed by atoms with Gasteiger partial charge in [-0.25, -0.2) is 0 Å². The Labute approximate surface area is 99.6 Å². The largest absolute Gasteiger partial charge is 0.497 e. The van der Waals surface area contributed by atoms with E-state index in [2.05, 4.69) is 0 Å². The standard InChI is InChI=1S/C12H16O5/c1-16-8-3-5-11(17-2)9(7-8)10(13)4-6-12(14)15/h3,5,7,10,13H,4,6H2,1-2H3,(H,14,15). The molecule has 0 aliphatic heterocycles. The summed E-state index contributed by atoms with van der Waals surface area (Å²) in [6.45, 7) is 0. The van der Waals surface area contributed by atoms with Gasteiger partial charge in [0.25, 0.3) is 0 Å². The number of aliphatic hydroxyl groups excluding tert-OH is 1. The minimum Gasteiger partial charge on any atom is -0.497 e. The molecule has 1 atom stereocenters. The molecule has 1 aromatic rings. The van der Waals surface area contributed by atoms with E-state index in [0.717, 1.165) is 0 Å². The molecule has 5 heteroatoms. The summed E-state index contributed by atoms with van der Waals surface area (Å²) in [4.78, 5) is 10.4. The van der Waals surface area contributed by atoms with Crippen LogP contribution in [-0.4, -0.2) is 30.4 Å². The number of carboxylic acid groups (broad SMARTS) is 1. The van der Waals surface area contributed by atoms with Crippen LogP contribution in [0, 0.1) is 0 Å². The fourth-order valence-corrected chi connectivity index (χ4v) is 1.52. The fraction of sp³-hybridized carbons (Fsp3) is 0.417. The van der Waals surface area contributed by atoms with Crippen LogP contribution in [0.1, 0.15) is 24.5 Å². The Morgan fingerprint density at radius 2 is 2.06 bits per heavy atom. The number of benzene rings is 1. The van der Waals surface area contributed by atoms with Gasteiger partial charge in [0.1, 0.15) is 11.5 Å². The molecular formula is C12H16O5. The first kappa shape index (κ1) is 13.3. The highest BCUT2D eigenvalue weighted by Gasteiger charge is 2.15. The van der Waals surface area contributed by atoms with Crippen LogP contribution in [0.25, 0.3) is 0 Å². The molecule has 1 unspecified atom stereocenters. The molecular weight excluding hydrogens is 224 g/mol. The van der Waals surface area contributed by atoms with Gasteiger partial charge in [0.05, 0.1) is 20.3 Å². The minimum atomic E-state index is -0.939. The van der Waals surface area contributed by atoms with E-state index in [-0.39, 0.29) is 12.8 Å². The summed E-state index contributed by atoms with van der Waals surface area (Å²) in [6.07, 6.45) is -0.837. The average Bonchev–Trinajstić information content (AvgIpc) is 2.34. The highest BCUT2D eigenvalue weighted by Crippen LogP contribution is 2.31. The van der Waals surface area contributed by atoms with Crippen LogP contribution < -0.4 is 9.47 Å². The molecule has 0 radical (unpaired) electrons. The Bertz CT molecular complexity index is 388. The predicted molar refractivity (Wildman–Crippen MR) is 61.4 cm³/mol. The molecule has 0 fully saturated rings. The molecule has 0 amide bonds. The van der Waals surface area contributed by atoms with Gasteiger partial charge in [0, 0.05) is 12.0 Å². The summed E-state index contributed by atoms with van der Waals surface area (Å²) in [5.74, 6) is 0.171. The quantitative estimate of drug-likeness (QED) is 0.789. The van der Waals surface area contributed by atoms with Gasteiger partial charge in [0.15, 0.2) is 0 Å². The fourth-order valence-electron chi connectivity index (χ4n) is 1.52. The van der Waals surface area contributed by atoms with Crippen LogP contribution in [0.2, 0.25) is 0 Å². The molecule has 0 heterocycles. The number of carboxylic acids is 1. The van der Waals surface area contributed by atoms with Crippen molar-refractivity contribution in [3.63, 3.8) is 0 Å². The van der Waals surface area contributed by atoms with E-state index in [9.17, 15) is 9.90 Å². The minimum absolute atomic E-state index is 0.0957. The molecule has 1 rings (SSSR count). The predicted octanol–water partition coefficient (Wildman–Crippen LogP) is 1.60. The number of hydrogen-bond donors (Lipinski definition) is 2. The third-order valence-corrected chi connectivity index (χ3v) is 2.43. The molecule has 94 valence electrons. The van der Waals surface area contributed by atoms with Crippen LogP contribution in [-0.2, 0) is 4.79 Å². The maximum Gasteiger partial charge on any atom is 0.303 e. The first-order chi connectivity index (χ1) is 8.08. The average molecular weight is 240 g/mol. The Hall–Kier alpha value is -1.75. The first-order valence-corrected chi connectivity index (χ1v) is 5.20. The number of aliphatic carboxylic acids is 1. The molecule has 0 spiro atoms. The van der Waals surface area contributed by atoms with Crippen molar-refractivity contribution in [1.82, 2.24) is 0 Å². The lowest BCUT2D eigenvalue weighted by Gasteiger charge is -2.15. The summed E-state index contributed by atoms with van der Waals surface area (Å²) >= 11 is 0. The molecule has 1 aromatic carbocycles. The molecule has 0 aliphatic rings. The van der Waals surface area contributed by atoms with E-state index >= 15 is 0 Å². The normalized spacial score (nSPS) is 11.9. The summed E-state index contributed by atoms with van der Waals surface area (Å²) in [7, 11) is 3.02. The monoisotopic (exact) mass is 240 g/mol. The van der Waals surface area contributed by atoms with E-state index < -0.39 is 12.1 Å². The smallest absolute Gasteiger partial charge is 0.303 e. The van der Waals surface area contributed by atoms with E-state index in [1.54, 1.807) is 18.2 Å². The van der Waals surface area contributed by atoms with Gasteiger partial charge in [-0.2, -0.15) is 0 Å². The second-order valence-corrected chi connectivity index (χ2v) is 3.56. The summed E-state index contributed by atoms with van der Waals surface area (Å²) < 4.78 is 10.2. The summed E-state index contributed by atoms with van der Waals surface area (Å²) in [6, 6.07) is 5.04. The Kier molecular flexibility index (Phi) is 4.78. The zero-order valence-electron chi connectivity index (χ0n) is 9.84. The number of rotatable bonds is 6. The number of hydrogen-bond acceptors (Lipinski definition) is 4. The van der Waals surface area contributed by atoms with E-state index in [1.807, 2.05) is 0 Å². The van der Waals surface area contributed by atoms with Crippen LogP contribution >= 0.6 is 0 Å². The van der Waals surface area contributed by atoms with Gasteiger partial charge in [-0.05, 0) is 24.6 Å².